The minimum Gasteiger partial charge on any atom is -0.493 e. The van der Waals surface area contributed by atoms with Crippen molar-refractivity contribution in [2.24, 2.45) is 0 Å². The van der Waals surface area contributed by atoms with E-state index in [1.165, 1.54) is 15.9 Å². The van der Waals surface area contributed by atoms with Crippen LogP contribution in [0.1, 0.15) is 12.8 Å². The maximum absolute atomic E-state index is 13.3. The highest BCUT2D eigenvalue weighted by atomic mass is 35.5. The Hall–Kier alpha value is -2.91. The lowest BCUT2D eigenvalue weighted by molar-refractivity contribution is 0.172. The van der Waals surface area contributed by atoms with Crippen molar-refractivity contribution < 1.29 is 14.6 Å². The summed E-state index contributed by atoms with van der Waals surface area (Å²) in [5, 5.41) is 10.3. The lowest BCUT2D eigenvalue weighted by Gasteiger charge is -2.16. The number of aliphatic hydroxyl groups is 1. The number of halogens is 1. The van der Waals surface area contributed by atoms with Gasteiger partial charge in [-0.15, -0.1) is 11.3 Å². The molecular weight excluding hydrogens is 486 g/mol. The average Bonchev–Trinajstić information content (AvgIpc) is 3.49. The molecule has 0 radical (unpaired) electrons. The van der Waals surface area contributed by atoms with Gasteiger partial charge in [0.1, 0.15) is 11.0 Å². The second-order valence-corrected chi connectivity index (χ2v) is 10.0. The predicted molar refractivity (Wildman–Crippen MR) is 139 cm³/mol. The zero-order valence-electron chi connectivity index (χ0n) is 19.3. The largest absolute Gasteiger partial charge is 0.493 e. The molecule has 1 aliphatic rings. The summed E-state index contributed by atoms with van der Waals surface area (Å²) in [6.45, 7) is 3.09. The van der Waals surface area contributed by atoms with Crippen molar-refractivity contribution in [2.75, 3.05) is 33.4 Å². The van der Waals surface area contributed by atoms with Crippen LogP contribution in [-0.4, -0.2) is 59.0 Å². The van der Waals surface area contributed by atoms with Crippen LogP contribution in [0.3, 0.4) is 0 Å². The molecule has 0 spiro atoms. The molecule has 0 amide bonds. The van der Waals surface area contributed by atoms with Gasteiger partial charge in [0.15, 0.2) is 11.5 Å². The van der Waals surface area contributed by atoms with Crippen molar-refractivity contribution in [3.63, 3.8) is 0 Å². The van der Waals surface area contributed by atoms with E-state index in [4.69, 9.17) is 21.1 Å². The van der Waals surface area contributed by atoms with Gasteiger partial charge in [-0.05, 0) is 48.7 Å². The third-order valence-corrected chi connectivity index (χ3v) is 7.53. The number of benzene rings is 2. The molecule has 0 bridgehead atoms. The Balaban J connectivity index is 1.33. The Kier molecular flexibility index (Phi) is 7.06. The fourth-order valence-electron chi connectivity index (χ4n) is 4.26. The van der Waals surface area contributed by atoms with E-state index in [1.807, 2.05) is 42.5 Å². The molecule has 1 fully saturated rings. The number of fused-ring (bicyclic) bond motifs is 1. The van der Waals surface area contributed by atoms with Gasteiger partial charge in [0.2, 0.25) is 0 Å². The number of hydrogen-bond donors (Lipinski definition) is 1. The summed E-state index contributed by atoms with van der Waals surface area (Å²) in [5.74, 6) is 1.18. The highest BCUT2D eigenvalue weighted by Crippen LogP contribution is 2.33. The molecule has 1 saturated heterocycles. The molecule has 0 aliphatic carbocycles. The summed E-state index contributed by atoms with van der Waals surface area (Å²) < 4.78 is 13.6. The van der Waals surface area contributed by atoms with E-state index in [9.17, 15) is 9.90 Å². The molecule has 35 heavy (non-hydrogen) atoms. The van der Waals surface area contributed by atoms with E-state index in [1.54, 1.807) is 19.5 Å². The highest BCUT2D eigenvalue weighted by molar-refractivity contribution is 7.22. The maximum Gasteiger partial charge on any atom is 0.275 e. The van der Waals surface area contributed by atoms with Crippen LogP contribution in [0.2, 0.25) is 5.02 Å². The molecule has 0 saturated carbocycles. The zero-order valence-corrected chi connectivity index (χ0v) is 20.9. The Bertz CT molecular complexity index is 1390. The Morgan fingerprint density at radius 1 is 1.17 bits per heavy atom. The third kappa shape index (κ3) is 5.21. The van der Waals surface area contributed by atoms with Crippen LogP contribution in [0.5, 0.6) is 11.5 Å². The fraction of sp³-hybridized carbons (Fsp3) is 0.308. The summed E-state index contributed by atoms with van der Waals surface area (Å²) in [7, 11) is 1.58. The monoisotopic (exact) mass is 511 g/mol. The smallest absolute Gasteiger partial charge is 0.275 e. The van der Waals surface area contributed by atoms with Crippen molar-refractivity contribution in [2.45, 2.75) is 18.9 Å². The second kappa shape index (κ2) is 10.4. The SMILES string of the molecule is COc1cc(-n2cnc3cc(-c4ccc(Cl)cc4)sc3c2=O)ccc1OCCCN1CC[C@@H](O)C1. The molecular formula is C26H26ClN3O4S. The molecule has 1 aliphatic heterocycles. The van der Waals surface area contributed by atoms with Crippen LogP contribution >= 0.6 is 22.9 Å². The van der Waals surface area contributed by atoms with Crippen molar-refractivity contribution >= 4 is 33.2 Å². The lowest BCUT2D eigenvalue weighted by Crippen LogP contribution is -2.24. The summed E-state index contributed by atoms with van der Waals surface area (Å²) in [4.78, 5) is 21.0. The highest BCUT2D eigenvalue weighted by Gasteiger charge is 2.19. The summed E-state index contributed by atoms with van der Waals surface area (Å²) in [5.41, 5.74) is 2.18. The van der Waals surface area contributed by atoms with Gasteiger partial charge in [-0.2, -0.15) is 0 Å². The number of likely N-dealkylation sites (tertiary alicyclic amines) is 1. The first-order chi connectivity index (χ1) is 17.0. The molecule has 0 unspecified atom stereocenters. The Labute approximate surface area is 212 Å². The first-order valence-electron chi connectivity index (χ1n) is 11.5. The molecule has 5 rings (SSSR count). The van der Waals surface area contributed by atoms with Gasteiger partial charge in [-0.25, -0.2) is 4.98 Å². The minimum atomic E-state index is -0.209. The van der Waals surface area contributed by atoms with Gasteiger partial charge in [0.25, 0.3) is 5.56 Å². The lowest BCUT2D eigenvalue weighted by atomic mass is 10.2. The molecule has 4 aromatic rings. The molecule has 2 aromatic carbocycles. The van der Waals surface area contributed by atoms with E-state index in [0.717, 1.165) is 42.9 Å². The van der Waals surface area contributed by atoms with E-state index in [0.29, 0.717) is 39.0 Å². The van der Waals surface area contributed by atoms with Crippen LogP contribution in [0.15, 0.2) is 59.7 Å². The summed E-state index contributed by atoms with van der Waals surface area (Å²) >= 11 is 7.42. The van der Waals surface area contributed by atoms with Crippen LogP contribution in [0.25, 0.3) is 26.3 Å². The van der Waals surface area contributed by atoms with Gasteiger partial charge < -0.3 is 19.5 Å². The Morgan fingerprint density at radius 3 is 2.74 bits per heavy atom. The molecule has 182 valence electrons. The second-order valence-electron chi connectivity index (χ2n) is 8.53. The molecule has 1 N–H and O–H groups in total. The normalized spacial score (nSPS) is 16.1. The van der Waals surface area contributed by atoms with Crippen molar-refractivity contribution in [3.05, 3.63) is 70.2 Å². The van der Waals surface area contributed by atoms with Gasteiger partial charge >= 0.3 is 0 Å². The van der Waals surface area contributed by atoms with Gasteiger partial charge in [0, 0.05) is 35.6 Å². The molecule has 3 heterocycles. The van der Waals surface area contributed by atoms with Crippen LogP contribution in [0, 0.1) is 0 Å². The summed E-state index contributed by atoms with van der Waals surface area (Å²) in [6, 6.07) is 14.9. The fourth-order valence-corrected chi connectivity index (χ4v) is 5.44. The zero-order chi connectivity index (χ0) is 24.4. The van der Waals surface area contributed by atoms with Gasteiger partial charge in [-0.3, -0.25) is 9.36 Å². The van der Waals surface area contributed by atoms with Crippen molar-refractivity contribution in [1.82, 2.24) is 14.5 Å². The first kappa shape index (κ1) is 23.8. The number of β-amino-alcohol motifs (C(OH)–C–C–N with tert-alkyl or cyclic N) is 1. The predicted octanol–water partition coefficient (Wildman–Crippen LogP) is 4.61. The quantitative estimate of drug-likeness (QED) is 0.348. The number of ether oxygens (including phenoxy) is 2. The van der Waals surface area contributed by atoms with Gasteiger partial charge in [0.05, 0.1) is 31.0 Å². The molecule has 7 nitrogen and oxygen atoms in total. The maximum atomic E-state index is 13.3. The standard InChI is InChI=1S/C26H26ClN3O4S/c1-33-23-13-19(7-8-22(23)34-12-2-10-29-11-9-20(31)15-29)30-16-28-21-14-24(35-25(21)26(30)32)17-3-5-18(27)6-4-17/h3-8,13-14,16,20,31H,2,9-12,15H2,1H3/t20-/m1/s1. The number of hydrogen-bond acceptors (Lipinski definition) is 7. The number of aromatic nitrogens is 2. The minimum absolute atomic E-state index is 0.135. The first-order valence-corrected chi connectivity index (χ1v) is 12.7. The van der Waals surface area contributed by atoms with E-state index in [2.05, 4.69) is 9.88 Å². The number of aliphatic hydroxyl groups excluding tert-OH is 1. The van der Waals surface area contributed by atoms with Crippen LogP contribution in [-0.2, 0) is 0 Å². The van der Waals surface area contributed by atoms with Crippen molar-refractivity contribution in [1.29, 1.82) is 0 Å². The van der Waals surface area contributed by atoms with E-state index >= 15 is 0 Å². The molecule has 1 atom stereocenters. The van der Waals surface area contributed by atoms with Gasteiger partial charge in [-0.1, -0.05) is 23.7 Å². The molecule has 9 heteroatoms. The third-order valence-electron chi connectivity index (χ3n) is 6.12. The van der Waals surface area contributed by atoms with E-state index < -0.39 is 0 Å². The number of rotatable bonds is 8. The average molecular weight is 512 g/mol. The summed E-state index contributed by atoms with van der Waals surface area (Å²) in [6.07, 6.45) is 3.03. The topological polar surface area (TPSA) is 76.8 Å². The number of nitrogens with zero attached hydrogens (tertiary/aromatic N) is 3. The Morgan fingerprint density at radius 2 is 2.00 bits per heavy atom. The van der Waals surface area contributed by atoms with Crippen LogP contribution in [0.4, 0.5) is 0 Å². The number of thiophene rings is 1. The molecule has 2 aromatic heterocycles. The number of methoxy groups -OCH3 is 1. The van der Waals surface area contributed by atoms with Crippen LogP contribution < -0.4 is 15.0 Å². The van der Waals surface area contributed by atoms with E-state index in [-0.39, 0.29) is 11.7 Å². The van der Waals surface area contributed by atoms with Crippen molar-refractivity contribution in [3.8, 4) is 27.6 Å².